The number of aliphatic hydroxyl groups is 1. The van der Waals surface area contributed by atoms with E-state index in [9.17, 15) is 14.7 Å². The molecule has 44 heavy (non-hydrogen) atoms. The Morgan fingerprint density at radius 2 is 1.77 bits per heavy atom. The van der Waals surface area contributed by atoms with Crippen molar-refractivity contribution in [1.82, 2.24) is 20.5 Å². The van der Waals surface area contributed by atoms with Crippen LogP contribution in [0.4, 0.5) is 0 Å². The van der Waals surface area contributed by atoms with Crippen molar-refractivity contribution in [1.29, 1.82) is 0 Å². The van der Waals surface area contributed by atoms with Crippen molar-refractivity contribution in [3.05, 3.63) is 131 Å². The summed E-state index contributed by atoms with van der Waals surface area (Å²) in [5.74, 6) is -0.00113. The van der Waals surface area contributed by atoms with E-state index in [0.29, 0.717) is 30.1 Å². The van der Waals surface area contributed by atoms with E-state index in [-0.39, 0.29) is 17.9 Å². The predicted molar refractivity (Wildman–Crippen MR) is 171 cm³/mol. The summed E-state index contributed by atoms with van der Waals surface area (Å²) in [6.07, 6.45) is 2.28. The first-order valence-corrected chi connectivity index (χ1v) is 15.1. The Morgan fingerprint density at radius 1 is 1.05 bits per heavy atom. The van der Waals surface area contributed by atoms with Crippen LogP contribution in [0.2, 0.25) is 0 Å². The molecule has 5 rings (SSSR count). The number of nitrogens with zero attached hydrogens (tertiary/aromatic N) is 2. The number of oxazole rings is 1. The zero-order valence-electron chi connectivity index (χ0n) is 25.5. The molecule has 0 radical (unpaired) electrons. The lowest BCUT2D eigenvalue weighted by Gasteiger charge is -2.30. The highest BCUT2D eigenvalue weighted by Crippen LogP contribution is 2.33. The summed E-state index contributed by atoms with van der Waals surface area (Å²) in [5.41, 5.74) is 5.56. The molecule has 228 valence electrons. The summed E-state index contributed by atoms with van der Waals surface area (Å²) in [4.78, 5) is 33.1. The lowest BCUT2D eigenvalue weighted by molar-refractivity contribution is 0.0715. The van der Waals surface area contributed by atoms with Crippen LogP contribution in [0.15, 0.2) is 96.1 Å². The number of hydrogen-bond donors (Lipinski definition) is 3. The second-order valence-electron chi connectivity index (χ2n) is 11.6. The maximum atomic E-state index is 13.5. The van der Waals surface area contributed by atoms with Crippen LogP contribution in [0, 0.1) is 6.92 Å². The van der Waals surface area contributed by atoms with E-state index in [1.807, 2.05) is 62.4 Å². The smallest absolute Gasteiger partial charge is 0.254 e. The summed E-state index contributed by atoms with van der Waals surface area (Å²) in [6.45, 7) is 10.8. The number of carbonyl (C=O) groups excluding carboxylic acids is 2. The summed E-state index contributed by atoms with van der Waals surface area (Å²) >= 11 is 0. The Hall–Kier alpha value is -4.53. The zero-order chi connectivity index (χ0) is 31.2. The molecule has 4 aromatic rings. The number of amides is 2. The van der Waals surface area contributed by atoms with Crippen LogP contribution in [0.25, 0.3) is 5.57 Å². The minimum absolute atomic E-state index is 0.171. The number of aliphatic hydroxyl groups excluding tert-OH is 1. The van der Waals surface area contributed by atoms with Gasteiger partial charge in [0.05, 0.1) is 23.9 Å². The average Bonchev–Trinajstić information content (AvgIpc) is 3.70. The monoisotopic (exact) mass is 592 g/mol. The van der Waals surface area contributed by atoms with Gasteiger partial charge in [0.1, 0.15) is 12.3 Å². The number of aryl methyl sites for hydroxylation is 1. The van der Waals surface area contributed by atoms with Crippen molar-refractivity contribution in [2.45, 2.75) is 64.4 Å². The molecule has 3 aromatic carbocycles. The van der Waals surface area contributed by atoms with Gasteiger partial charge in [0.2, 0.25) is 5.89 Å². The second-order valence-corrected chi connectivity index (χ2v) is 11.6. The second kappa shape index (κ2) is 13.8. The average molecular weight is 593 g/mol. The molecule has 0 bridgehead atoms. The van der Waals surface area contributed by atoms with Crippen LogP contribution < -0.4 is 10.6 Å². The van der Waals surface area contributed by atoms with Gasteiger partial charge in [0.15, 0.2) is 0 Å². The molecule has 4 unspecified atom stereocenters. The van der Waals surface area contributed by atoms with Crippen molar-refractivity contribution in [2.24, 2.45) is 0 Å². The van der Waals surface area contributed by atoms with Crippen molar-refractivity contribution in [2.75, 3.05) is 6.54 Å². The summed E-state index contributed by atoms with van der Waals surface area (Å²) < 4.78 is 5.60. The SMILES string of the molecule is C=C(C)c1cccc(CNC(c2ccccc2)C(O)C(C)NC(=O)c2cccc(C(=O)N3CCCC3c3nc(C)co3)c2)c1. The van der Waals surface area contributed by atoms with Gasteiger partial charge in [-0.05, 0) is 68.5 Å². The molecule has 8 nitrogen and oxygen atoms in total. The fourth-order valence-corrected chi connectivity index (χ4v) is 5.69. The van der Waals surface area contributed by atoms with Crippen LogP contribution in [0.3, 0.4) is 0 Å². The molecule has 4 atom stereocenters. The van der Waals surface area contributed by atoms with Gasteiger partial charge >= 0.3 is 0 Å². The lowest BCUT2D eigenvalue weighted by atomic mass is 9.96. The van der Waals surface area contributed by atoms with E-state index in [1.165, 1.54) is 0 Å². The number of nitrogens with one attached hydrogen (secondary N) is 2. The largest absolute Gasteiger partial charge is 0.446 e. The Bertz CT molecular complexity index is 1620. The standard InChI is InChI=1S/C36H40N4O4/c1-23(2)28-14-8-11-26(19-28)21-37-32(27-12-6-5-7-13-27)33(41)25(4)39-34(42)29-15-9-16-30(20-29)36(43)40-18-10-17-31(40)35-38-24(3)22-44-35/h5-9,11-16,19-20,22,25,31-33,37,41H,1,10,17-18,21H2,2-4H3,(H,39,42). The molecule has 2 heterocycles. The van der Waals surface area contributed by atoms with Gasteiger partial charge in [0, 0.05) is 24.2 Å². The fraction of sp³-hybridized carbons (Fsp3) is 0.306. The minimum Gasteiger partial charge on any atom is -0.446 e. The van der Waals surface area contributed by atoms with Crippen LogP contribution in [-0.2, 0) is 6.54 Å². The molecule has 0 saturated carbocycles. The Kier molecular flexibility index (Phi) is 9.72. The number of benzene rings is 3. The molecule has 1 saturated heterocycles. The third-order valence-corrected chi connectivity index (χ3v) is 8.12. The van der Waals surface area contributed by atoms with Gasteiger partial charge < -0.3 is 25.1 Å². The molecule has 1 aromatic heterocycles. The molecule has 3 N–H and O–H groups in total. The number of rotatable bonds is 11. The van der Waals surface area contributed by atoms with Gasteiger partial charge in [0.25, 0.3) is 11.8 Å². The van der Waals surface area contributed by atoms with E-state index in [0.717, 1.165) is 40.8 Å². The van der Waals surface area contributed by atoms with Gasteiger partial charge in [-0.2, -0.15) is 0 Å². The van der Waals surface area contributed by atoms with Gasteiger partial charge in [-0.1, -0.05) is 72.8 Å². The highest BCUT2D eigenvalue weighted by Gasteiger charge is 2.34. The number of likely N-dealkylation sites (tertiary alicyclic amines) is 1. The van der Waals surface area contributed by atoms with E-state index in [4.69, 9.17) is 4.42 Å². The fourth-order valence-electron chi connectivity index (χ4n) is 5.69. The molecular formula is C36H40N4O4. The van der Waals surface area contributed by atoms with Crippen LogP contribution in [-0.4, -0.2) is 45.5 Å². The summed E-state index contributed by atoms with van der Waals surface area (Å²) in [7, 11) is 0. The highest BCUT2D eigenvalue weighted by atomic mass is 16.3. The van der Waals surface area contributed by atoms with E-state index in [2.05, 4.69) is 28.3 Å². The Labute approximate surface area is 258 Å². The van der Waals surface area contributed by atoms with E-state index < -0.39 is 18.2 Å². The van der Waals surface area contributed by atoms with Crippen LogP contribution in [0.5, 0.6) is 0 Å². The van der Waals surface area contributed by atoms with E-state index >= 15 is 0 Å². The number of carbonyl (C=O) groups is 2. The minimum atomic E-state index is -0.940. The van der Waals surface area contributed by atoms with Crippen molar-refractivity contribution in [3.63, 3.8) is 0 Å². The summed E-state index contributed by atoms with van der Waals surface area (Å²) in [6, 6.07) is 23.3. The van der Waals surface area contributed by atoms with E-state index in [1.54, 1.807) is 42.4 Å². The first-order valence-electron chi connectivity index (χ1n) is 15.1. The molecule has 1 aliphatic rings. The van der Waals surface area contributed by atoms with Crippen molar-refractivity contribution in [3.8, 4) is 0 Å². The number of aromatic nitrogens is 1. The molecule has 1 aliphatic heterocycles. The zero-order valence-corrected chi connectivity index (χ0v) is 25.5. The topological polar surface area (TPSA) is 108 Å². The molecule has 2 amide bonds. The maximum Gasteiger partial charge on any atom is 0.254 e. The highest BCUT2D eigenvalue weighted by molar-refractivity contribution is 6.00. The number of allylic oxidation sites excluding steroid dienone is 1. The molecule has 0 spiro atoms. The predicted octanol–water partition coefficient (Wildman–Crippen LogP) is 6.00. The first-order chi connectivity index (χ1) is 21.2. The van der Waals surface area contributed by atoms with Crippen LogP contribution in [0.1, 0.15) is 87.8 Å². The molecule has 0 aliphatic carbocycles. The van der Waals surface area contributed by atoms with Gasteiger partial charge in [-0.15, -0.1) is 0 Å². The molecule has 1 fully saturated rings. The Morgan fingerprint density at radius 3 is 2.50 bits per heavy atom. The quantitative estimate of drug-likeness (QED) is 0.197. The normalized spacial score (nSPS) is 16.7. The van der Waals surface area contributed by atoms with Crippen molar-refractivity contribution < 1.29 is 19.1 Å². The lowest BCUT2D eigenvalue weighted by Crippen LogP contribution is -2.47. The van der Waals surface area contributed by atoms with Gasteiger partial charge in [-0.25, -0.2) is 4.98 Å². The first kappa shape index (κ1) is 30.9. The van der Waals surface area contributed by atoms with Crippen LogP contribution >= 0.6 is 0 Å². The third kappa shape index (κ3) is 7.15. The van der Waals surface area contributed by atoms with Crippen molar-refractivity contribution >= 4 is 17.4 Å². The summed E-state index contributed by atoms with van der Waals surface area (Å²) in [5, 5.41) is 17.9. The maximum absolute atomic E-state index is 13.5. The molecular weight excluding hydrogens is 552 g/mol. The Balaban J connectivity index is 1.28. The molecule has 8 heteroatoms. The third-order valence-electron chi connectivity index (χ3n) is 8.12. The van der Waals surface area contributed by atoms with Gasteiger partial charge in [-0.3, -0.25) is 9.59 Å². The number of hydrogen-bond acceptors (Lipinski definition) is 6.